The van der Waals surface area contributed by atoms with E-state index in [1.165, 1.54) is 11.1 Å². The molecule has 4 rings (SSSR count). The largest absolute Gasteiger partial charge is 0.449 e. The summed E-state index contributed by atoms with van der Waals surface area (Å²) in [6.45, 7) is 0.877. The van der Waals surface area contributed by atoms with E-state index in [1.807, 2.05) is 36.4 Å². The molecule has 1 atom stereocenters. The number of carbonyl (C=O) groups is 1. The summed E-state index contributed by atoms with van der Waals surface area (Å²) < 4.78 is 5.66. The van der Waals surface area contributed by atoms with Crippen molar-refractivity contribution < 1.29 is 9.53 Å². The van der Waals surface area contributed by atoms with Crippen LogP contribution in [0.5, 0.6) is 0 Å². The monoisotopic (exact) mass is 343 g/mol. The highest BCUT2D eigenvalue weighted by atomic mass is 16.5. The number of esters is 1. The van der Waals surface area contributed by atoms with Crippen LogP contribution in [0.4, 0.5) is 0 Å². The Balaban J connectivity index is 1.75. The highest BCUT2D eigenvalue weighted by molar-refractivity contribution is 5.94. The predicted octanol–water partition coefficient (Wildman–Crippen LogP) is 4.68. The average Bonchev–Trinajstić information content (AvgIpc) is 2.99. The molecule has 1 heterocycles. The van der Waals surface area contributed by atoms with Gasteiger partial charge in [-0.25, -0.2) is 4.79 Å². The van der Waals surface area contributed by atoms with Crippen molar-refractivity contribution in [3.63, 3.8) is 0 Å². The molecule has 1 aliphatic rings. The lowest BCUT2D eigenvalue weighted by molar-refractivity contribution is 0.0456. The van der Waals surface area contributed by atoms with E-state index in [1.54, 1.807) is 0 Å². The molecule has 0 spiro atoms. The Kier molecular flexibility index (Phi) is 4.31. The normalized spacial score (nSPS) is 15.8. The molecule has 3 nitrogen and oxygen atoms in total. The Morgan fingerprint density at radius 3 is 2.42 bits per heavy atom. The minimum absolute atomic E-state index is 0.246. The van der Waals surface area contributed by atoms with Gasteiger partial charge in [0.2, 0.25) is 0 Å². The Hall–Kier alpha value is -2.91. The number of rotatable bonds is 4. The van der Waals surface area contributed by atoms with Crippen LogP contribution in [0.15, 0.2) is 72.8 Å². The number of fused-ring (bicyclic) bond motifs is 1. The quantitative estimate of drug-likeness (QED) is 0.645. The van der Waals surface area contributed by atoms with Crippen molar-refractivity contribution in [2.45, 2.75) is 12.6 Å². The van der Waals surface area contributed by atoms with E-state index in [4.69, 9.17) is 4.74 Å². The highest BCUT2D eigenvalue weighted by Crippen LogP contribution is 2.37. The van der Waals surface area contributed by atoms with E-state index in [0.29, 0.717) is 5.56 Å². The standard InChI is InChI=1S/C23H21NO2/c1-24(2)15-18-8-3-4-11-19(18)16-9-7-10-17(14-16)22-20-12-5-6-13-21(20)23(25)26-22/h3-14,22H,15H2,1-2H3. The van der Waals surface area contributed by atoms with Gasteiger partial charge in [-0.3, -0.25) is 0 Å². The maximum absolute atomic E-state index is 12.2. The van der Waals surface area contributed by atoms with Gasteiger partial charge < -0.3 is 9.64 Å². The molecule has 3 aromatic rings. The van der Waals surface area contributed by atoms with Gasteiger partial charge in [-0.15, -0.1) is 0 Å². The maximum atomic E-state index is 12.2. The van der Waals surface area contributed by atoms with Crippen molar-refractivity contribution in [3.05, 3.63) is 95.1 Å². The molecule has 0 bridgehead atoms. The lowest BCUT2D eigenvalue weighted by Gasteiger charge is -2.16. The summed E-state index contributed by atoms with van der Waals surface area (Å²) in [5, 5.41) is 0. The van der Waals surface area contributed by atoms with E-state index < -0.39 is 0 Å². The zero-order valence-electron chi connectivity index (χ0n) is 15.0. The summed E-state index contributed by atoms with van der Waals surface area (Å²) >= 11 is 0. The third-order valence-electron chi connectivity index (χ3n) is 4.69. The molecular weight excluding hydrogens is 322 g/mol. The highest BCUT2D eigenvalue weighted by Gasteiger charge is 2.31. The zero-order chi connectivity index (χ0) is 18.1. The molecule has 0 radical (unpaired) electrons. The van der Waals surface area contributed by atoms with Crippen LogP contribution in [0.1, 0.15) is 33.2 Å². The van der Waals surface area contributed by atoms with Crippen LogP contribution in [0.25, 0.3) is 11.1 Å². The summed E-state index contributed by atoms with van der Waals surface area (Å²) in [6.07, 6.45) is -0.334. The van der Waals surface area contributed by atoms with Gasteiger partial charge in [0, 0.05) is 12.1 Å². The van der Waals surface area contributed by atoms with Crippen LogP contribution < -0.4 is 0 Å². The average molecular weight is 343 g/mol. The van der Waals surface area contributed by atoms with Crippen LogP contribution in [0, 0.1) is 0 Å². The Labute approximate surface area is 153 Å². The van der Waals surface area contributed by atoms with Crippen molar-refractivity contribution in [3.8, 4) is 11.1 Å². The van der Waals surface area contributed by atoms with Crippen LogP contribution in [0.2, 0.25) is 0 Å². The van der Waals surface area contributed by atoms with Crippen LogP contribution in [-0.2, 0) is 11.3 Å². The van der Waals surface area contributed by atoms with Crippen molar-refractivity contribution in [1.29, 1.82) is 0 Å². The fraction of sp³-hybridized carbons (Fsp3) is 0.174. The van der Waals surface area contributed by atoms with Crippen molar-refractivity contribution in [1.82, 2.24) is 4.90 Å². The number of carbonyl (C=O) groups excluding carboxylic acids is 1. The molecule has 1 unspecified atom stereocenters. The SMILES string of the molecule is CN(C)Cc1ccccc1-c1cccc(C2OC(=O)c3ccccc32)c1. The molecular formula is C23H21NO2. The molecule has 3 heteroatoms. The van der Waals surface area contributed by atoms with Gasteiger partial charge in [0.05, 0.1) is 5.56 Å². The van der Waals surface area contributed by atoms with Crippen molar-refractivity contribution in [2.24, 2.45) is 0 Å². The summed E-state index contributed by atoms with van der Waals surface area (Å²) in [5.41, 5.74) is 6.23. The molecule has 26 heavy (non-hydrogen) atoms. The molecule has 0 aliphatic carbocycles. The van der Waals surface area contributed by atoms with Gasteiger partial charge in [0.1, 0.15) is 0 Å². The second-order valence-electron chi connectivity index (χ2n) is 6.89. The first-order chi connectivity index (χ1) is 12.6. The third-order valence-corrected chi connectivity index (χ3v) is 4.69. The lowest BCUT2D eigenvalue weighted by atomic mass is 9.94. The van der Waals surface area contributed by atoms with Crippen molar-refractivity contribution >= 4 is 5.97 Å². The van der Waals surface area contributed by atoms with Crippen LogP contribution in [0.3, 0.4) is 0 Å². The first-order valence-electron chi connectivity index (χ1n) is 8.76. The second kappa shape index (κ2) is 6.77. The van der Waals surface area contributed by atoms with E-state index in [9.17, 15) is 4.79 Å². The van der Waals surface area contributed by atoms with Crippen LogP contribution in [-0.4, -0.2) is 25.0 Å². The Morgan fingerprint density at radius 2 is 1.62 bits per heavy atom. The first-order valence-corrected chi connectivity index (χ1v) is 8.76. The van der Waals surface area contributed by atoms with Gasteiger partial charge in [0.15, 0.2) is 6.10 Å². The second-order valence-corrected chi connectivity index (χ2v) is 6.89. The Bertz CT molecular complexity index is 962. The summed E-state index contributed by atoms with van der Waals surface area (Å²) in [6, 6.07) is 24.4. The number of hydrogen-bond acceptors (Lipinski definition) is 3. The number of hydrogen-bond donors (Lipinski definition) is 0. The zero-order valence-corrected chi connectivity index (χ0v) is 15.0. The summed E-state index contributed by atoms with van der Waals surface area (Å²) in [7, 11) is 4.14. The molecule has 3 aromatic carbocycles. The molecule has 0 amide bonds. The van der Waals surface area contributed by atoms with Gasteiger partial charge in [-0.2, -0.15) is 0 Å². The molecule has 1 aliphatic heterocycles. The third kappa shape index (κ3) is 3.02. The number of ether oxygens (including phenoxy) is 1. The van der Waals surface area contributed by atoms with E-state index in [-0.39, 0.29) is 12.1 Å². The fourth-order valence-electron chi connectivity index (χ4n) is 3.54. The number of nitrogens with zero attached hydrogens (tertiary/aromatic N) is 1. The first kappa shape index (κ1) is 16.6. The summed E-state index contributed by atoms with van der Waals surface area (Å²) in [4.78, 5) is 14.3. The van der Waals surface area contributed by atoms with Gasteiger partial charge in [0.25, 0.3) is 0 Å². The smallest absolute Gasteiger partial charge is 0.339 e. The minimum Gasteiger partial charge on any atom is -0.449 e. The van der Waals surface area contributed by atoms with Gasteiger partial charge in [-0.1, -0.05) is 60.7 Å². The lowest BCUT2D eigenvalue weighted by Crippen LogP contribution is -2.11. The van der Waals surface area contributed by atoms with Crippen LogP contribution >= 0.6 is 0 Å². The molecule has 0 N–H and O–H groups in total. The maximum Gasteiger partial charge on any atom is 0.339 e. The Morgan fingerprint density at radius 1 is 0.885 bits per heavy atom. The molecule has 0 fully saturated rings. The number of benzene rings is 3. The molecule has 0 saturated heterocycles. The van der Waals surface area contributed by atoms with Crippen molar-refractivity contribution in [2.75, 3.05) is 14.1 Å². The number of cyclic esters (lactones) is 1. The minimum atomic E-state index is -0.334. The van der Waals surface area contributed by atoms with E-state index >= 15 is 0 Å². The van der Waals surface area contributed by atoms with Gasteiger partial charge in [-0.05, 0) is 48.5 Å². The topological polar surface area (TPSA) is 29.5 Å². The molecule has 130 valence electrons. The van der Waals surface area contributed by atoms with E-state index in [0.717, 1.165) is 23.2 Å². The predicted molar refractivity (Wildman–Crippen MR) is 103 cm³/mol. The van der Waals surface area contributed by atoms with E-state index in [2.05, 4.69) is 55.4 Å². The molecule has 0 saturated carbocycles. The summed E-state index contributed by atoms with van der Waals surface area (Å²) in [5.74, 6) is -0.246. The van der Waals surface area contributed by atoms with Gasteiger partial charge >= 0.3 is 5.97 Å². The fourth-order valence-corrected chi connectivity index (χ4v) is 3.54. The molecule has 0 aromatic heterocycles.